The molecule has 0 unspecified atom stereocenters. The Balaban J connectivity index is 1.44. The van der Waals surface area contributed by atoms with Crippen LogP contribution in [0.2, 0.25) is 0 Å². The van der Waals surface area contributed by atoms with Crippen molar-refractivity contribution < 1.29 is 13.2 Å². The smallest absolute Gasteiger partial charge is 0.227 e. The van der Waals surface area contributed by atoms with Crippen LogP contribution in [0.4, 0.5) is 11.6 Å². The maximum Gasteiger partial charge on any atom is 0.227 e. The Kier molecular flexibility index (Phi) is 5.80. The predicted octanol–water partition coefficient (Wildman–Crippen LogP) is 2.88. The Morgan fingerprint density at radius 2 is 1.86 bits per heavy atom. The van der Waals surface area contributed by atoms with Gasteiger partial charge in [-0.05, 0) is 44.9 Å². The number of morpholine rings is 1. The van der Waals surface area contributed by atoms with Crippen LogP contribution >= 0.6 is 0 Å². The number of aromatic nitrogens is 3. The van der Waals surface area contributed by atoms with Crippen molar-refractivity contribution in [1.29, 1.82) is 0 Å². The van der Waals surface area contributed by atoms with Crippen LogP contribution < -0.4 is 5.32 Å². The molecule has 8 nitrogen and oxygen atoms in total. The molecule has 156 valence electrons. The van der Waals surface area contributed by atoms with Gasteiger partial charge in [0.2, 0.25) is 16.0 Å². The molecule has 2 aliphatic rings. The minimum atomic E-state index is -3.26. The first-order valence-electron chi connectivity index (χ1n) is 10.1. The van der Waals surface area contributed by atoms with Crippen LogP contribution in [-0.2, 0) is 14.8 Å². The van der Waals surface area contributed by atoms with Crippen LogP contribution in [0.15, 0.2) is 24.4 Å². The third-order valence-electron chi connectivity index (χ3n) is 5.47. The fourth-order valence-electron chi connectivity index (χ4n) is 4.01. The summed E-state index contributed by atoms with van der Waals surface area (Å²) in [7, 11) is -3.26. The van der Waals surface area contributed by atoms with E-state index in [0.717, 1.165) is 48.5 Å². The molecule has 0 radical (unpaired) electrons. The summed E-state index contributed by atoms with van der Waals surface area (Å²) >= 11 is 0. The number of pyridine rings is 1. The van der Waals surface area contributed by atoms with Gasteiger partial charge in [-0.3, -0.25) is 4.98 Å². The van der Waals surface area contributed by atoms with E-state index in [1.165, 1.54) is 0 Å². The normalized spacial score (nSPS) is 21.4. The second-order valence-corrected chi connectivity index (χ2v) is 9.95. The van der Waals surface area contributed by atoms with Crippen LogP contribution in [0.3, 0.4) is 0 Å². The van der Waals surface area contributed by atoms with Crippen LogP contribution in [0, 0.1) is 13.8 Å². The summed E-state index contributed by atoms with van der Waals surface area (Å²) in [5.74, 6) is 0.528. The molecule has 1 aliphatic carbocycles. The highest BCUT2D eigenvalue weighted by atomic mass is 32.2. The molecule has 1 saturated carbocycles. The first-order valence-corrected chi connectivity index (χ1v) is 11.6. The largest absolute Gasteiger partial charge is 0.369 e. The number of rotatable bonds is 5. The van der Waals surface area contributed by atoms with Crippen molar-refractivity contribution in [3.8, 4) is 0 Å². The molecular formula is C20H27N5O3S. The molecule has 0 spiro atoms. The zero-order chi connectivity index (χ0) is 20.4. The van der Waals surface area contributed by atoms with Gasteiger partial charge in [-0.2, -0.15) is 4.31 Å². The van der Waals surface area contributed by atoms with E-state index in [4.69, 9.17) is 4.74 Å². The molecule has 2 aromatic rings. The minimum absolute atomic E-state index is 0.237. The van der Waals surface area contributed by atoms with Gasteiger partial charge in [0.05, 0.1) is 29.4 Å². The summed E-state index contributed by atoms with van der Waals surface area (Å²) in [6.07, 6.45) is 4.87. The van der Waals surface area contributed by atoms with Gasteiger partial charge in [-0.15, -0.1) is 0 Å². The van der Waals surface area contributed by atoms with E-state index < -0.39 is 10.0 Å². The Morgan fingerprint density at radius 1 is 1.14 bits per heavy atom. The second-order valence-electron chi connectivity index (χ2n) is 7.74. The summed E-state index contributed by atoms with van der Waals surface area (Å²) in [5, 5.41) is 2.92. The van der Waals surface area contributed by atoms with Crippen LogP contribution in [0.5, 0.6) is 0 Å². The quantitative estimate of drug-likeness (QED) is 0.799. The lowest BCUT2D eigenvalue weighted by atomic mass is 10.2. The van der Waals surface area contributed by atoms with Gasteiger partial charge in [0, 0.05) is 24.5 Å². The van der Waals surface area contributed by atoms with Crippen LogP contribution in [0.1, 0.15) is 48.9 Å². The SMILES string of the molecule is Cc1cc(C)nc(Nc2ccc([C@H]3CN(S(=O)(=O)C4CCCC4)CCO3)nc2)n1. The topological polar surface area (TPSA) is 97.3 Å². The second kappa shape index (κ2) is 8.33. The van der Waals surface area contributed by atoms with Crippen molar-refractivity contribution in [3.63, 3.8) is 0 Å². The zero-order valence-corrected chi connectivity index (χ0v) is 17.7. The third-order valence-corrected chi connectivity index (χ3v) is 7.83. The Hall–Kier alpha value is -2.10. The zero-order valence-electron chi connectivity index (χ0n) is 16.8. The molecule has 0 aromatic carbocycles. The van der Waals surface area contributed by atoms with Crippen molar-refractivity contribution in [2.45, 2.75) is 50.9 Å². The molecule has 1 aliphatic heterocycles. The molecule has 1 saturated heterocycles. The highest BCUT2D eigenvalue weighted by molar-refractivity contribution is 7.89. The van der Waals surface area contributed by atoms with Gasteiger partial charge in [-0.1, -0.05) is 12.8 Å². The monoisotopic (exact) mass is 417 g/mol. The molecule has 9 heteroatoms. The van der Waals surface area contributed by atoms with E-state index in [9.17, 15) is 8.42 Å². The van der Waals surface area contributed by atoms with E-state index in [-0.39, 0.29) is 11.4 Å². The van der Waals surface area contributed by atoms with Gasteiger partial charge in [0.25, 0.3) is 0 Å². The fraction of sp³-hybridized carbons (Fsp3) is 0.550. The van der Waals surface area contributed by atoms with E-state index in [1.807, 2.05) is 32.0 Å². The lowest BCUT2D eigenvalue weighted by molar-refractivity contribution is -0.00519. The first kappa shape index (κ1) is 20.2. The molecule has 3 heterocycles. The van der Waals surface area contributed by atoms with E-state index in [2.05, 4.69) is 20.3 Å². The Morgan fingerprint density at radius 3 is 2.52 bits per heavy atom. The molecule has 1 N–H and O–H groups in total. The lowest BCUT2D eigenvalue weighted by Gasteiger charge is -2.33. The molecule has 0 bridgehead atoms. The molecule has 0 amide bonds. The average Bonchev–Trinajstić information content (AvgIpc) is 3.24. The molecule has 2 aromatic heterocycles. The number of anilines is 2. The maximum absolute atomic E-state index is 12.9. The number of hydrogen-bond donors (Lipinski definition) is 1. The summed E-state index contributed by atoms with van der Waals surface area (Å²) in [6, 6.07) is 5.66. The maximum atomic E-state index is 12.9. The number of nitrogens with zero attached hydrogens (tertiary/aromatic N) is 4. The molecule has 29 heavy (non-hydrogen) atoms. The van der Waals surface area contributed by atoms with Gasteiger partial charge in [-0.25, -0.2) is 18.4 Å². The summed E-state index contributed by atoms with van der Waals surface area (Å²) in [4.78, 5) is 13.2. The van der Waals surface area contributed by atoms with E-state index >= 15 is 0 Å². The standard InChI is InChI=1S/C20H27N5O3S/c1-14-11-15(2)23-20(22-14)24-16-7-8-18(21-12-16)19-13-25(9-10-28-19)29(26,27)17-5-3-4-6-17/h7-8,11-12,17,19H,3-6,9-10,13H2,1-2H3,(H,22,23,24)/t19-/m1/s1. The average molecular weight is 418 g/mol. The van der Waals surface area contributed by atoms with Crippen molar-refractivity contribution in [3.05, 3.63) is 41.5 Å². The van der Waals surface area contributed by atoms with Crippen LogP contribution in [-0.4, -0.2) is 52.6 Å². The number of hydrogen-bond acceptors (Lipinski definition) is 7. The highest BCUT2D eigenvalue weighted by Crippen LogP contribution is 2.30. The number of aryl methyl sites for hydroxylation is 2. The first-order chi connectivity index (χ1) is 13.9. The fourth-order valence-corrected chi connectivity index (χ4v) is 6.04. The van der Waals surface area contributed by atoms with Gasteiger partial charge >= 0.3 is 0 Å². The van der Waals surface area contributed by atoms with Crippen molar-refractivity contribution in [2.24, 2.45) is 0 Å². The van der Waals surface area contributed by atoms with Crippen molar-refractivity contribution in [1.82, 2.24) is 19.3 Å². The van der Waals surface area contributed by atoms with Crippen LogP contribution in [0.25, 0.3) is 0 Å². The van der Waals surface area contributed by atoms with Gasteiger partial charge in [0.1, 0.15) is 6.10 Å². The van der Waals surface area contributed by atoms with E-state index in [0.29, 0.717) is 25.6 Å². The molecule has 4 rings (SSSR count). The van der Waals surface area contributed by atoms with Crippen molar-refractivity contribution in [2.75, 3.05) is 25.0 Å². The van der Waals surface area contributed by atoms with Crippen molar-refractivity contribution >= 4 is 21.7 Å². The molecular weight excluding hydrogens is 390 g/mol. The Labute approximate surface area is 171 Å². The van der Waals surface area contributed by atoms with Gasteiger partial charge in [0.15, 0.2) is 0 Å². The summed E-state index contributed by atoms with van der Waals surface area (Å²) < 4.78 is 33.2. The molecule has 2 fully saturated rings. The minimum Gasteiger partial charge on any atom is -0.369 e. The summed E-state index contributed by atoms with van der Waals surface area (Å²) in [6.45, 7) is 4.96. The number of sulfonamides is 1. The van der Waals surface area contributed by atoms with Gasteiger partial charge < -0.3 is 10.1 Å². The van der Waals surface area contributed by atoms with E-state index in [1.54, 1.807) is 10.5 Å². The number of nitrogens with one attached hydrogen (secondary N) is 1. The third kappa shape index (κ3) is 4.57. The highest BCUT2D eigenvalue weighted by Gasteiger charge is 2.37. The number of ether oxygens (including phenoxy) is 1. The Bertz CT molecular complexity index is 938. The lowest BCUT2D eigenvalue weighted by Crippen LogP contribution is -2.45. The molecule has 1 atom stereocenters. The predicted molar refractivity (Wildman–Crippen MR) is 110 cm³/mol. The summed E-state index contributed by atoms with van der Waals surface area (Å²) in [5.41, 5.74) is 3.28.